The van der Waals surface area contributed by atoms with Crippen molar-refractivity contribution in [1.82, 2.24) is 14.1 Å². The van der Waals surface area contributed by atoms with Gasteiger partial charge in [0.2, 0.25) is 5.95 Å². The van der Waals surface area contributed by atoms with Crippen LogP contribution in [0.5, 0.6) is 5.75 Å². The van der Waals surface area contributed by atoms with E-state index >= 15 is 0 Å². The molecule has 36 heavy (non-hydrogen) atoms. The van der Waals surface area contributed by atoms with Crippen molar-refractivity contribution in [3.63, 3.8) is 0 Å². The molecule has 0 amide bonds. The Morgan fingerprint density at radius 1 is 1.14 bits per heavy atom. The molecule has 3 aromatic rings. The molecular formula is C26H29ClN4O5. The molecule has 4 rings (SSSR count). The van der Waals surface area contributed by atoms with Crippen LogP contribution in [0.4, 0.5) is 11.6 Å². The minimum Gasteiger partial charge on any atom is -0.492 e. The average Bonchev–Trinajstić information content (AvgIpc) is 3.67. The summed E-state index contributed by atoms with van der Waals surface area (Å²) < 4.78 is 13.0. The van der Waals surface area contributed by atoms with Gasteiger partial charge < -0.3 is 14.8 Å². The first kappa shape index (κ1) is 25.5. The van der Waals surface area contributed by atoms with E-state index in [9.17, 15) is 14.4 Å². The van der Waals surface area contributed by atoms with Crippen molar-refractivity contribution in [2.24, 2.45) is 5.92 Å². The number of aromatic nitrogens is 3. The number of benzene rings is 2. The lowest BCUT2D eigenvalue weighted by molar-refractivity contribution is -0.143. The van der Waals surface area contributed by atoms with Crippen LogP contribution >= 0.6 is 11.6 Å². The molecule has 2 aromatic carbocycles. The van der Waals surface area contributed by atoms with Gasteiger partial charge in [-0.2, -0.15) is 4.98 Å². The maximum Gasteiger partial charge on any atom is 0.354 e. The first-order valence-electron chi connectivity index (χ1n) is 12.0. The van der Waals surface area contributed by atoms with Gasteiger partial charge in [0.1, 0.15) is 5.75 Å². The van der Waals surface area contributed by atoms with Gasteiger partial charge in [0.05, 0.1) is 31.2 Å². The van der Waals surface area contributed by atoms with Crippen LogP contribution in [0.25, 0.3) is 0 Å². The number of nitrogens with zero attached hydrogens (tertiary/aromatic N) is 3. The highest BCUT2D eigenvalue weighted by Gasteiger charge is 2.22. The number of carbonyl (C=O) groups excluding carboxylic acids is 1. The fourth-order valence-corrected chi connectivity index (χ4v) is 3.82. The van der Waals surface area contributed by atoms with Crippen LogP contribution in [0, 0.1) is 12.8 Å². The van der Waals surface area contributed by atoms with Crippen molar-refractivity contribution in [1.29, 1.82) is 0 Å². The van der Waals surface area contributed by atoms with Gasteiger partial charge in [0.25, 0.3) is 0 Å². The molecule has 1 fully saturated rings. The highest BCUT2D eigenvalue weighted by atomic mass is 35.5. The van der Waals surface area contributed by atoms with Crippen molar-refractivity contribution in [3.05, 3.63) is 79.6 Å². The van der Waals surface area contributed by atoms with E-state index in [1.165, 1.54) is 17.4 Å². The van der Waals surface area contributed by atoms with Gasteiger partial charge in [-0.1, -0.05) is 41.4 Å². The third-order valence-electron chi connectivity index (χ3n) is 5.82. The molecule has 1 saturated carbocycles. The molecule has 190 valence electrons. The number of carbonyl (C=O) groups is 1. The lowest BCUT2D eigenvalue weighted by Crippen LogP contribution is -2.43. The lowest BCUT2D eigenvalue weighted by atomic mass is 10.1. The van der Waals surface area contributed by atoms with Gasteiger partial charge in [0.15, 0.2) is 0 Å². The van der Waals surface area contributed by atoms with Gasteiger partial charge >= 0.3 is 17.3 Å². The number of esters is 1. The molecule has 0 unspecified atom stereocenters. The van der Waals surface area contributed by atoms with Gasteiger partial charge in [-0.05, 0) is 56.4 Å². The normalized spacial score (nSPS) is 12.9. The number of nitrogens with one attached hydrogen (secondary N) is 1. The van der Waals surface area contributed by atoms with Crippen LogP contribution in [-0.4, -0.2) is 33.3 Å². The van der Waals surface area contributed by atoms with Crippen LogP contribution in [0.15, 0.2) is 52.1 Å². The van der Waals surface area contributed by atoms with E-state index in [1.54, 1.807) is 25.1 Å². The Morgan fingerprint density at radius 3 is 2.56 bits per heavy atom. The van der Waals surface area contributed by atoms with E-state index in [0.29, 0.717) is 29.0 Å². The second kappa shape index (κ2) is 11.4. The summed E-state index contributed by atoms with van der Waals surface area (Å²) in [7, 11) is 0. The zero-order chi connectivity index (χ0) is 25.7. The molecule has 0 spiro atoms. The highest BCUT2D eigenvalue weighted by molar-refractivity contribution is 6.32. The third kappa shape index (κ3) is 6.54. The van der Waals surface area contributed by atoms with Crippen molar-refractivity contribution >= 4 is 29.2 Å². The first-order chi connectivity index (χ1) is 17.3. The minimum atomic E-state index is -0.762. The smallest absolute Gasteiger partial charge is 0.354 e. The summed E-state index contributed by atoms with van der Waals surface area (Å²) in [5, 5.41) is 3.46. The molecule has 0 aliphatic heterocycles. The van der Waals surface area contributed by atoms with E-state index in [-0.39, 0.29) is 32.1 Å². The van der Waals surface area contributed by atoms with Gasteiger partial charge in [-0.25, -0.2) is 14.2 Å². The number of rotatable bonds is 11. The fraction of sp³-hybridized carbons (Fsp3) is 0.385. The van der Waals surface area contributed by atoms with Crippen molar-refractivity contribution in [2.45, 2.75) is 46.2 Å². The average molecular weight is 513 g/mol. The van der Waals surface area contributed by atoms with Crippen molar-refractivity contribution in [3.8, 4) is 5.75 Å². The summed E-state index contributed by atoms with van der Waals surface area (Å²) in [6, 6.07) is 12.9. The molecule has 0 saturated heterocycles. The van der Waals surface area contributed by atoms with Crippen LogP contribution in [0.2, 0.25) is 5.02 Å². The van der Waals surface area contributed by atoms with Crippen LogP contribution in [0.3, 0.4) is 0 Å². The molecular weight excluding hydrogens is 484 g/mol. The van der Waals surface area contributed by atoms with E-state index in [1.807, 2.05) is 31.2 Å². The Balaban J connectivity index is 1.64. The van der Waals surface area contributed by atoms with Gasteiger partial charge in [-0.3, -0.25) is 9.36 Å². The number of hydrogen-bond acceptors (Lipinski definition) is 7. The lowest BCUT2D eigenvalue weighted by Gasteiger charge is -2.16. The summed E-state index contributed by atoms with van der Waals surface area (Å²) in [4.78, 5) is 42.0. The SMILES string of the molecule is CCOC(=O)CCn1c(=O)nc(Nc2ccc(OCC3CC3)c(Cl)c2)n(Cc2ccc(C)cc2)c1=O. The maximum atomic E-state index is 13.4. The number of hydrogen-bond donors (Lipinski definition) is 1. The number of aryl methyl sites for hydroxylation is 1. The van der Waals surface area contributed by atoms with Crippen LogP contribution < -0.4 is 21.4 Å². The molecule has 1 aliphatic carbocycles. The van der Waals surface area contributed by atoms with E-state index in [4.69, 9.17) is 21.1 Å². The Labute approximate surface area is 213 Å². The highest BCUT2D eigenvalue weighted by Crippen LogP contribution is 2.33. The Hall–Kier alpha value is -3.59. The van der Waals surface area contributed by atoms with Crippen LogP contribution in [-0.2, 0) is 22.6 Å². The Morgan fingerprint density at radius 2 is 1.89 bits per heavy atom. The van der Waals surface area contributed by atoms with Gasteiger partial charge in [0, 0.05) is 12.2 Å². The molecule has 9 nitrogen and oxygen atoms in total. The maximum absolute atomic E-state index is 13.4. The van der Waals surface area contributed by atoms with Crippen molar-refractivity contribution < 1.29 is 14.3 Å². The zero-order valence-corrected chi connectivity index (χ0v) is 21.1. The largest absolute Gasteiger partial charge is 0.492 e. The van der Waals surface area contributed by atoms with E-state index in [0.717, 1.165) is 15.7 Å². The summed E-state index contributed by atoms with van der Waals surface area (Å²) >= 11 is 6.40. The first-order valence-corrected chi connectivity index (χ1v) is 12.3. The number of anilines is 2. The fourth-order valence-electron chi connectivity index (χ4n) is 3.59. The molecule has 1 aliphatic rings. The second-order valence-electron chi connectivity index (χ2n) is 8.80. The Bertz CT molecular complexity index is 1350. The molecule has 0 atom stereocenters. The third-order valence-corrected chi connectivity index (χ3v) is 6.11. The van der Waals surface area contributed by atoms with Crippen LogP contribution in [0.1, 0.15) is 37.3 Å². The second-order valence-corrected chi connectivity index (χ2v) is 9.21. The number of halogens is 1. The Kier molecular flexibility index (Phi) is 8.10. The summed E-state index contributed by atoms with van der Waals surface area (Å²) in [5.74, 6) is 0.749. The zero-order valence-electron chi connectivity index (χ0n) is 20.3. The van der Waals surface area contributed by atoms with Gasteiger partial charge in [-0.15, -0.1) is 0 Å². The molecule has 1 aromatic heterocycles. The molecule has 1 N–H and O–H groups in total. The summed E-state index contributed by atoms with van der Waals surface area (Å²) in [5.41, 5.74) is 1.14. The number of ether oxygens (including phenoxy) is 2. The monoisotopic (exact) mass is 512 g/mol. The predicted octanol–water partition coefficient (Wildman–Crippen LogP) is 3.90. The van der Waals surface area contributed by atoms with E-state index < -0.39 is 17.3 Å². The van der Waals surface area contributed by atoms with Crippen molar-refractivity contribution in [2.75, 3.05) is 18.5 Å². The molecule has 10 heteroatoms. The summed E-state index contributed by atoms with van der Waals surface area (Å²) in [6.07, 6.45) is 2.24. The molecule has 0 bridgehead atoms. The summed E-state index contributed by atoms with van der Waals surface area (Å²) in [6.45, 7) is 4.56. The van der Waals surface area contributed by atoms with E-state index in [2.05, 4.69) is 10.3 Å². The molecule has 0 radical (unpaired) electrons. The standard InChI is InChI=1S/C26H29ClN4O5/c1-3-35-23(32)12-13-30-25(33)29-24(31(26(30)34)15-18-6-4-17(2)5-7-18)28-20-10-11-22(21(27)14-20)36-16-19-8-9-19/h4-7,10-11,14,19H,3,8-9,12-13,15-16H2,1-2H3,(H,28,29,33). The predicted molar refractivity (Wildman–Crippen MR) is 137 cm³/mol. The minimum absolute atomic E-state index is 0.0701. The molecule has 1 heterocycles. The quantitative estimate of drug-likeness (QED) is 0.388. The topological polar surface area (TPSA) is 104 Å².